The monoisotopic (exact) mass is 470 g/mol. The molecule has 0 saturated carbocycles. The Bertz CT molecular complexity index is 957. The van der Waals surface area contributed by atoms with Crippen LogP contribution in [0.15, 0.2) is 35.7 Å². The lowest BCUT2D eigenvalue weighted by Gasteiger charge is -2.31. The van der Waals surface area contributed by atoms with Crippen LogP contribution in [-0.2, 0) is 25.2 Å². The highest BCUT2D eigenvalue weighted by molar-refractivity contribution is 7.12. The molecule has 1 aliphatic rings. The molecule has 1 saturated heterocycles. The Morgan fingerprint density at radius 3 is 2.53 bits per heavy atom. The van der Waals surface area contributed by atoms with E-state index in [1.165, 1.54) is 17.4 Å². The number of halogens is 3. The average Bonchev–Trinajstić information content (AvgIpc) is 3.31. The predicted molar refractivity (Wildman–Crippen MR) is 112 cm³/mol. The third-order valence-corrected chi connectivity index (χ3v) is 5.58. The maximum atomic E-state index is 13.1. The first-order chi connectivity index (χ1) is 15.2. The predicted octanol–water partition coefficient (Wildman–Crippen LogP) is 3.75. The lowest BCUT2D eigenvalue weighted by molar-refractivity contribution is -0.147. The van der Waals surface area contributed by atoms with Gasteiger partial charge < -0.3 is 19.7 Å². The first-order valence-corrected chi connectivity index (χ1v) is 10.7. The zero-order valence-corrected chi connectivity index (χ0v) is 17.8. The fourth-order valence-corrected chi connectivity index (χ4v) is 3.77. The zero-order chi connectivity index (χ0) is 23.1. The second kappa shape index (κ2) is 10.6. The number of hydrogen-bond acceptors (Lipinski definition) is 7. The summed E-state index contributed by atoms with van der Waals surface area (Å²) in [6.45, 7) is 1.07. The molecule has 0 atom stereocenters. The van der Waals surface area contributed by atoms with Gasteiger partial charge in [0.1, 0.15) is 0 Å². The summed E-state index contributed by atoms with van der Waals surface area (Å²) >= 11 is 1.26. The molecule has 32 heavy (non-hydrogen) atoms. The van der Waals surface area contributed by atoms with Gasteiger partial charge in [0, 0.05) is 19.5 Å². The third kappa shape index (κ3) is 6.54. The van der Waals surface area contributed by atoms with Gasteiger partial charge in [-0.25, -0.2) is 0 Å². The van der Waals surface area contributed by atoms with Crippen molar-refractivity contribution in [3.8, 4) is 0 Å². The Kier molecular flexibility index (Phi) is 7.86. The summed E-state index contributed by atoms with van der Waals surface area (Å²) in [6, 6.07) is 6.47. The molecule has 0 aliphatic carbocycles. The van der Waals surface area contributed by atoms with Crippen molar-refractivity contribution >= 4 is 40.4 Å². The molecule has 1 aromatic heterocycles. The van der Waals surface area contributed by atoms with Gasteiger partial charge >= 0.3 is 12.1 Å². The van der Waals surface area contributed by atoms with Crippen LogP contribution in [0.1, 0.15) is 28.1 Å². The summed E-state index contributed by atoms with van der Waals surface area (Å²) in [6.07, 6.45) is -4.84. The molecular formula is C21H21F3N2O5S. The number of carbonyl (C=O) groups is 3. The van der Waals surface area contributed by atoms with E-state index < -0.39 is 30.2 Å². The molecule has 0 bridgehead atoms. The lowest BCUT2D eigenvalue weighted by atomic mass is 10.1. The van der Waals surface area contributed by atoms with Crippen LogP contribution in [0.25, 0.3) is 0 Å². The number of rotatable bonds is 8. The summed E-state index contributed by atoms with van der Waals surface area (Å²) in [5.41, 5.74) is -0.521. The molecule has 7 nitrogen and oxygen atoms in total. The molecule has 1 N–H and O–H groups in total. The maximum Gasteiger partial charge on any atom is 0.416 e. The summed E-state index contributed by atoms with van der Waals surface area (Å²) in [5.74, 6) is -1.74. The van der Waals surface area contributed by atoms with Gasteiger partial charge in [-0.05, 0) is 29.6 Å². The number of ether oxygens (including phenoxy) is 2. The highest BCUT2D eigenvalue weighted by Gasteiger charge is 2.32. The number of nitrogens with zero attached hydrogens (tertiary/aromatic N) is 1. The lowest BCUT2D eigenvalue weighted by Crippen LogP contribution is -2.37. The molecule has 0 spiro atoms. The molecule has 0 unspecified atom stereocenters. The van der Waals surface area contributed by atoms with Crippen molar-refractivity contribution in [3.63, 3.8) is 0 Å². The van der Waals surface area contributed by atoms with E-state index in [0.29, 0.717) is 36.9 Å². The number of carbonyl (C=O) groups excluding carboxylic acids is 3. The molecule has 3 rings (SSSR count). The summed E-state index contributed by atoms with van der Waals surface area (Å²) in [5, 5.41) is 4.14. The molecule has 11 heteroatoms. The first-order valence-electron chi connectivity index (χ1n) is 9.80. The van der Waals surface area contributed by atoms with Crippen LogP contribution < -0.4 is 10.2 Å². The van der Waals surface area contributed by atoms with Gasteiger partial charge in [0.15, 0.2) is 12.4 Å². The summed E-state index contributed by atoms with van der Waals surface area (Å²) < 4.78 is 49.6. The van der Waals surface area contributed by atoms with Gasteiger partial charge in [-0.15, -0.1) is 11.3 Å². The normalized spacial score (nSPS) is 14.2. The molecule has 2 aromatic rings. The SMILES string of the molecule is O=C(COC(=O)CCC(=O)c1cccs1)Nc1cc(C(F)(F)F)ccc1N1CCOCC1. The molecular weight excluding hydrogens is 449 g/mol. The van der Waals surface area contributed by atoms with Crippen LogP contribution in [0.2, 0.25) is 0 Å². The zero-order valence-electron chi connectivity index (χ0n) is 16.9. The highest BCUT2D eigenvalue weighted by Crippen LogP contribution is 2.35. The van der Waals surface area contributed by atoms with Gasteiger partial charge in [0.2, 0.25) is 0 Å². The van der Waals surface area contributed by atoms with Crippen molar-refractivity contribution in [1.29, 1.82) is 0 Å². The van der Waals surface area contributed by atoms with Crippen molar-refractivity contribution in [2.75, 3.05) is 43.1 Å². The Morgan fingerprint density at radius 1 is 1.12 bits per heavy atom. The van der Waals surface area contributed by atoms with E-state index in [4.69, 9.17) is 9.47 Å². The highest BCUT2D eigenvalue weighted by atomic mass is 32.1. The van der Waals surface area contributed by atoms with Crippen molar-refractivity contribution in [3.05, 3.63) is 46.2 Å². The number of benzene rings is 1. The number of amides is 1. The van der Waals surface area contributed by atoms with Gasteiger partial charge in [-0.3, -0.25) is 14.4 Å². The number of nitrogens with one attached hydrogen (secondary N) is 1. The van der Waals surface area contributed by atoms with Crippen LogP contribution in [0.3, 0.4) is 0 Å². The number of Topliss-reactive ketones (excluding diaryl/α,β-unsaturated/α-hetero) is 1. The summed E-state index contributed by atoms with van der Waals surface area (Å²) in [7, 11) is 0. The Labute approximate surface area is 186 Å². The van der Waals surface area contributed by atoms with Crippen LogP contribution in [0.5, 0.6) is 0 Å². The third-order valence-electron chi connectivity index (χ3n) is 4.67. The maximum absolute atomic E-state index is 13.1. The van der Waals surface area contributed by atoms with E-state index in [0.717, 1.165) is 12.1 Å². The number of morpholine rings is 1. The smallest absolute Gasteiger partial charge is 0.416 e. The number of ketones is 1. The van der Waals surface area contributed by atoms with Gasteiger partial charge in [0.05, 0.1) is 41.4 Å². The number of esters is 1. The quantitative estimate of drug-likeness (QED) is 0.467. The Morgan fingerprint density at radius 2 is 1.88 bits per heavy atom. The van der Waals surface area contributed by atoms with Crippen LogP contribution in [0, 0.1) is 0 Å². The molecule has 1 aromatic carbocycles. The van der Waals surface area contributed by atoms with Crippen LogP contribution >= 0.6 is 11.3 Å². The standard InChI is InChI=1S/C21H21F3N2O5S/c22-21(23,24)14-3-4-16(26-7-9-30-10-8-26)15(12-14)25-19(28)13-31-20(29)6-5-17(27)18-2-1-11-32-18/h1-4,11-12H,5-10,13H2,(H,25,28). The minimum absolute atomic E-state index is 0.0318. The van der Waals surface area contributed by atoms with E-state index in [1.807, 2.05) is 4.90 Å². The Hall–Kier alpha value is -2.92. The first kappa shape index (κ1) is 23.7. The van der Waals surface area contributed by atoms with Crippen molar-refractivity contribution in [1.82, 2.24) is 0 Å². The number of alkyl halides is 3. The molecule has 172 valence electrons. The van der Waals surface area contributed by atoms with Crippen molar-refractivity contribution < 1.29 is 37.0 Å². The van der Waals surface area contributed by atoms with E-state index in [-0.39, 0.29) is 24.3 Å². The van der Waals surface area contributed by atoms with Crippen molar-refractivity contribution in [2.24, 2.45) is 0 Å². The van der Waals surface area contributed by atoms with Gasteiger partial charge in [-0.2, -0.15) is 13.2 Å². The van der Waals surface area contributed by atoms with Gasteiger partial charge in [0.25, 0.3) is 5.91 Å². The average molecular weight is 470 g/mol. The molecule has 1 fully saturated rings. The Balaban J connectivity index is 1.58. The molecule has 1 amide bonds. The fourth-order valence-electron chi connectivity index (χ4n) is 3.07. The fraction of sp³-hybridized carbons (Fsp3) is 0.381. The van der Waals surface area contributed by atoms with E-state index in [2.05, 4.69) is 5.32 Å². The van der Waals surface area contributed by atoms with E-state index >= 15 is 0 Å². The van der Waals surface area contributed by atoms with E-state index in [9.17, 15) is 27.6 Å². The van der Waals surface area contributed by atoms with Gasteiger partial charge in [-0.1, -0.05) is 6.07 Å². The summed E-state index contributed by atoms with van der Waals surface area (Å²) in [4.78, 5) is 38.4. The topological polar surface area (TPSA) is 84.9 Å². The number of hydrogen-bond donors (Lipinski definition) is 1. The second-order valence-corrected chi connectivity index (χ2v) is 7.89. The molecule has 0 radical (unpaired) electrons. The van der Waals surface area contributed by atoms with Crippen molar-refractivity contribution in [2.45, 2.75) is 19.0 Å². The van der Waals surface area contributed by atoms with Crippen LogP contribution in [-0.4, -0.2) is 50.6 Å². The molecule has 1 aliphatic heterocycles. The number of thiophene rings is 1. The largest absolute Gasteiger partial charge is 0.456 e. The minimum Gasteiger partial charge on any atom is -0.456 e. The molecule has 2 heterocycles. The van der Waals surface area contributed by atoms with Crippen LogP contribution in [0.4, 0.5) is 24.5 Å². The second-order valence-electron chi connectivity index (χ2n) is 6.94. The minimum atomic E-state index is -4.58. The van der Waals surface area contributed by atoms with E-state index in [1.54, 1.807) is 17.5 Å². The number of anilines is 2.